The van der Waals surface area contributed by atoms with Crippen LogP contribution in [0.1, 0.15) is 105 Å². The van der Waals surface area contributed by atoms with Crippen molar-refractivity contribution in [1.82, 2.24) is 35.0 Å². The maximum Gasteiger partial charge on any atom is 0.253 e. The second kappa shape index (κ2) is 20.2. The topological polar surface area (TPSA) is 92.8 Å². The van der Waals surface area contributed by atoms with E-state index in [9.17, 15) is 8.78 Å². The number of nitrogens with zero attached hydrogens (tertiary/aromatic N) is 7. The number of hydrogen-bond donors (Lipinski definition) is 0. The number of halogens is 2. The van der Waals surface area contributed by atoms with E-state index in [0.29, 0.717) is 11.4 Å². The highest BCUT2D eigenvalue weighted by atomic mass is 32.1. The van der Waals surface area contributed by atoms with Gasteiger partial charge >= 0.3 is 0 Å². The third-order valence-corrected chi connectivity index (χ3v) is 10.4. The SMILES string of the molecule is CC(C)(C)c1ccc(-c2nccs2)cc1.CC(C)(C)c1ccc(-n2nccn2)cc1.COc1ccc(C(C)(C)C)c(F)c1F.COc1cnn(-c2ccc(C(C)(C)C)cc2)n1. The van der Waals surface area contributed by atoms with E-state index in [-0.39, 0.29) is 22.0 Å². The van der Waals surface area contributed by atoms with Gasteiger partial charge in [-0.3, -0.25) is 0 Å². The van der Waals surface area contributed by atoms with Crippen molar-refractivity contribution >= 4 is 11.3 Å². The maximum atomic E-state index is 13.5. The van der Waals surface area contributed by atoms with Crippen molar-refractivity contribution < 1.29 is 18.3 Å². The molecule has 7 aromatic rings. The molecule has 0 aliphatic rings. The Balaban J connectivity index is 0.000000180. The van der Waals surface area contributed by atoms with Crippen molar-refractivity contribution in [1.29, 1.82) is 0 Å². The Morgan fingerprint density at radius 2 is 0.984 bits per heavy atom. The molecule has 0 amide bonds. The first-order valence-corrected chi connectivity index (χ1v) is 21.0. The summed E-state index contributed by atoms with van der Waals surface area (Å²) < 4.78 is 36.5. The van der Waals surface area contributed by atoms with E-state index < -0.39 is 17.0 Å². The summed E-state index contributed by atoms with van der Waals surface area (Å²) in [5.74, 6) is -1.28. The molecule has 324 valence electrons. The second-order valence-corrected chi connectivity index (χ2v) is 19.3. The van der Waals surface area contributed by atoms with Crippen LogP contribution in [0, 0.1) is 11.6 Å². The van der Waals surface area contributed by atoms with Crippen LogP contribution < -0.4 is 9.47 Å². The third kappa shape index (κ3) is 13.6. The summed E-state index contributed by atoms with van der Waals surface area (Å²) in [6.07, 6.45) is 6.80. The number of methoxy groups -OCH3 is 2. The number of thiazole rings is 1. The monoisotopic (exact) mass is 849 g/mol. The van der Waals surface area contributed by atoms with Gasteiger partial charge in [0.2, 0.25) is 5.82 Å². The van der Waals surface area contributed by atoms with Crippen LogP contribution in [-0.4, -0.2) is 49.2 Å². The minimum Gasteiger partial charge on any atom is -0.494 e. The fourth-order valence-corrected chi connectivity index (χ4v) is 6.40. The minimum atomic E-state index is -0.917. The van der Waals surface area contributed by atoms with Crippen LogP contribution in [0.3, 0.4) is 0 Å². The van der Waals surface area contributed by atoms with Gasteiger partial charge in [-0.1, -0.05) is 138 Å². The van der Waals surface area contributed by atoms with Crippen molar-refractivity contribution in [3.05, 3.63) is 149 Å². The molecule has 0 N–H and O–H groups in total. The largest absolute Gasteiger partial charge is 0.494 e. The molecule has 0 spiro atoms. The Morgan fingerprint density at radius 1 is 0.508 bits per heavy atom. The summed E-state index contributed by atoms with van der Waals surface area (Å²) in [6, 6.07) is 28.2. The molecule has 3 heterocycles. The van der Waals surface area contributed by atoms with E-state index in [4.69, 9.17) is 4.74 Å². The average Bonchev–Trinajstić information content (AvgIpc) is 4.03. The first-order chi connectivity index (χ1) is 28.5. The van der Waals surface area contributed by atoms with Crippen LogP contribution in [-0.2, 0) is 21.7 Å². The summed E-state index contributed by atoms with van der Waals surface area (Å²) in [4.78, 5) is 7.48. The van der Waals surface area contributed by atoms with Gasteiger partial charge in [0.15, 0.2) is 11.6 Å². The lowest BCUT2D eigenvalue weighted by molar-refractivity contribution is 0.366. The molecule has 7 rings (SSSR count). The Morgan fingerprint density at radius 3 is 1.38 bits per heavy atom. The summed E-state index contributed by atoms with van der Waals surface area (Å²) in [5, 5.41) is 19.6. The molecule has 0 atom stereocenters. The van der Waals surface area contributed by atoms with Crippen molar-refractivity contribution in [2.24, 2.45) is 0 Å². The van der Waals surface area contributed by atoms with Crippen molar-refractivity contribution in [3.8, 4) is 33.6 Å². The lowest BCUT2D eigenvalue weighted by Gasteiger charge is -2.20. The van der Waals surface area contributed by atoms with Gasteiger partial charge in [-0.05, 0) is 74.2 Å². The van der Waals surface area contributed by atoms with Crippen LogP contribution in [0.25, 0.3) is 21.9 Å². The zero-order chi connectivity index (χ0) is 45.2. The van der Waals surface area contributed by atoms with Gasteiger partial charge in [-0.25, -0.2) is 9.37 Å². The lowest BCUT2D eigenvalue weighted by Crippen LogP contribution is -2.14. The predicted octanol–water partition coefficient (Wildman–Crippen LogP) is 12.5. The van der Waals surface area contributed by atoms with Gasteiger partial charge in [-0.2, -0.15) is 24.5 Å². The standard InChI is InChI=1S/C13H17N3O.C13H15NS.C12H15N3.C11H14F2O/c1-13(2,3)10-5-7-11(8-6-10)16-14-9-12(15-16)17-4;1-13(2,3)11-6-4-10(5-7-11)12-14-8-9-15-12;1-12(2,3)10-4-6-11(7-5-10)15-13-8-9-14-15;1-11(2,3)7-5-6-8(14-4)10(13)9(7)12/h5-9H,1-4H3;2*4-9H,1-3H3;5-6H,1-4H3. The molecular formula is C49H61F2N7O2S. The van der Waals surface area contributed by atoms with Crippen molar-refractivity contribution in [2.45, 2.75) is 105 Å². The second-order valence-electron chi connectivity index (χ2n) is 18.4. The van der Waals surface area contributed by atoms with E-state index in [2.05, 4.69) is 141 Å². The first kappa shape index (κ1) is 47.9. The Hall–Kier alpha value is -5.75. The molecule has 0 radical (unpaired) electrons. The molecular weight excluding hydrogens is 789 g/mol. The normalized spacial score (nSPS) is 11.6. The predicted molar refractivity (Wildman–Crippen MR) is 245 cm³/mol. The molecule has 0 saturated carbocycles. The first-order valence-electron chi connectivity index (χ1n) is 20.1. The van der Waals surface area contributed by atoms with Crippen LogP contribution in [0.15, 0.2) is 115 Å². The summed E-state index contributed by atoms with van der Waals surface area (Å²) in [6.45, 7) is 25.4. The van der Waals surface area contributed by atoms with Crippen LogP contribution in [0.5, 0.6) is 11.6 Å². The molecule has 0 aliphatic carbocycles. The van der Waals surface area contributed by atoms with Gasteiger partial charge in [-0.15, -0.1) is 21.2 Å². The molecule has 12 heteroatoms. The van der Waals surface area contributed by atoms with Crippen LogP contribution in [0.2, 0.25) is 0 Å². The number of aromatic nitrogens is 7. The zero-order valence-electron chi connectivity index (χ0n) is 38.1. The quantitative estimate of drug-likeness (QED) is 0.170. The molecule has 9 nitrogen and oxygen atoms in total. The van der Waals surface area contributed by atoms with Crippen molar-refractivity contribution in [3.63, 3.8) is 0 Å². The highest BCUT2D eigenvalue weighted by molar-refractivity contribution is 7.13. The molecule has 0 aliphatic heterocycles. The number of rotatable bonds is 5. The third-order valence-electron chi connectivity index (χ3n) is 9.53. The summed E-state index contributed by atoms with van der Waals surface area (Å²) >= 11 is 1.68. The van der Waals surface area contributed by atoms with E-state index >= 15 is 0 Å². The molecule has 0 bridgehead atoms. The minimum absolute atomic E-state index is 0.0597. The van der Waals surface area contributed by atoms with Gasteiger partial charge in [0.25, 0.3) is 5.88 Å². The molecule has 0 fully saturated rings. The molecule has 0 saturated heterocycles. The van der Waals surface area contributed by atoms with Crippen molar-refractivity contribution in [2.75, 3.05) is 14.2 Å². The zero-order valence-corrected chi connectivity index (χ0v) is 38.9. The average molecular weight is 850 g/mol. The van der Waals surface area contributed by atoms with Gasteiger partial charge in [0, 0.05) is 17.1 Å². The van der Waals surface area contributed by atoms with E-state index in [1.54, 1.807) is 52.7 Å². The van der Waals surface area contributed by atoms with Gasteiger partial charge in [0.05, 0.1) is 38.0 Å². The van der Waals surface area contributed by atoms with Gasteiger partial charge in [0.1, 0.15) is 11.2 Å². The Kier molecular flexibility index (Phi) is 15.9. The fraction of sp³-hybridized carbons (Fsp3) is 0.367. The molecule has 3 aromatic heterocycles. The van der Waals surface area contributed by atoms with Gasteiger partial charge < -0.3 is 9.47 Å². The van der Waals surface area contributed by atoms with Crippen LogP contribution in [0.4, 0.5) is 8.78 Å². The highest BCUT2D eigenvalue weighted by Gasteiger charge is 2.23. The molecule has 61 heavy (non-hydrogen) atoms. The van der Waals surface area contributed by atoms with E-state index in [1.165, 1.54) is 35.4 Å². The fourth-order valence-electron chi connectivity index (χ4n) is 5.75. The smallest absolute Gasteiger partial charge is 0.253 e. The maximum absolute atomic E-state index is 13.5. The number of hydrogen-bond acceptors (Lipinski definition) is 8. The summed E-state index contributed by atoms with van der Waals surface area (Å²) in [7, 11) is 2.89. The Bertz CT molecular complexity index is 2280. The Labute approximate surface area is 364 Å². The number of benzene rings is 4. The van der Waals surface area contributed by atoms with E-state index in [1.807, 2.05) is 56.6 Å². The van der Waals surface area contributed by atoms with Crippen LogP contribution >= 0.6 is 11.3 Å². The lowest BCUT2D eigenvalue weighted by atomic mass is 9.86. The van der Waals surface area contributed by atoms with E-state index in [0.717, 1.165) is 16.4 Å². The molecule has 0 unspecified atom stereocenters. The summed E-state index contributed by atoms with van der Waals surface area (Å²) in [5.41, 5.74) is 7.63. The highest BCUT2D eigenvalue weighted by Crippen LogP contribution is 2.31. The number of ether oxygens (including phenoxy) is 2. The molecule has 4 aromatic carbocycles.